The third kappa shape index (κ3) is 2.95. The van der Waals surface area contributed by atoms with Crippen molar-refractivity contribution in [3.8, 4) is 0 Å². The summed E-state index contributed by atoms with van der Waals surface area (Å²) in [6.45, 7) is 3.11. The molecule has 0 saturated heterocycles. The molecule has 0 aliphatic heterocycles. The molecule has 4 heteroatoms. The molecule has 0 radical (unpaired) electrons. The van der Waals surface area contributed by atoms with Crippen molar-refractivity contribution in [2.45, 2.75) is 19.6 Å². The molecule has 1 unspecified atom stereocenters. The van der Waals surface area contributed by atoms with Crippen LogP contribution in [0, 0.1) is 6.92 Å². The van der Waals surface area contributed by atoms with Gasteiger partial charge in [-0.3, -0.25) is 0 Å². The van der Waals surface area contributed by atoms with Crippen molar-refractivity contribution in [1.29, 1.82) is 0 Å². The summed E-state index contributed by atoms with van der Waals surface area (Å²) in [6.07, 6.45) is -0.442. The third-order valence-corrected chi connectivity index (χ3v) is 3.06. The molecule has 3 nitrogen and oxygen atoms in total. The fourth-order valence-corrected chi connectivity index (χ4v) is 2.20. The summed E-state index contributed by atoms with van der Waals surface area (Å²) < 4.78 is 5.41. The van der Waals surface area contributed by atoms with Crippen LogP contribution in [0.1, 0.15) is 23.2 Å². The summed E-state index contributed by atoms with van der Waals surface area (Å²) in [7, 11) is 0. The monoisotopic (exact) mass is 237 g/mol. The van der Waals surface area contributed by atoms with Gasteiger partial charge in [0.05, 0.1) is 12.6 Å². The van der Waals surface area contributed by atoms with Gasteiger partial charge in [-0.1, -0.05) is 0 Å². The quantitative estimate of drug-likeness (QED) is 0.839. The molecule has 2 rings (SSSR count). The molecule has 0 amide bonds. The molecule has 0 fully saturated rings. The van der Waals surface area contributed by atoms with Crippen molar-refractivity contribution in [2.75, 3.05) is 6.54 Å². The predicted molar refractivity (Wildman–Crippen MR) is 64.4 cm³/mol. The maximum absolute atomic E-state index is 9.81. The van der Waals surface area contributed by atoms with Crippen molar-refractivity contribution in [3.05, 3.63) is 46.0 Å². The number of rotatable bonds is 5. The van der Waals surface area contributed by atoms with E-state index in [-0.39, 0.29) is 0 Å². The van der Waals surface area contributed by atoms with Gasteiger partial charge in [-0.2, -0.15) is 11.3 Å². The van der Waals surface area contributed by atoms with E-state index < -0.39 is 6.10 Å². The van der Waals surface area contributed by atoms with Crippen LogP contribution in [0.3, 0.4) is 0 Å². The Balaban J connectivity index is 1.76. The topological polar surface area (TPSA) is 45.4 Å². The van der Waals surface area contributed by atoms with Crippen LogP contribution >= 0.6 is 11.3 Å². The molecular formula is C12H15NO2S. The Morgan fingerprint density at radius 3 is 2.94 bits per heavy atom. The minimum Gasteiger partial charge on any atom is -0.465 e. The average Bonchev–Trinajstić information content (AvgIpc) is 2.89. The fourth-order valence-electron chi connectivity index (χ4n) is 1.49. The molecule has 2 heterocycles. The van der Waals surface area contributed by atoms with E-state index in [1.807, 2.05) is 35.9 Å². The Hall–Kier alpha value is -1.10. The Labute approximate surface area is 98.7 Å². The van der Waals surface area contributed by atoms with Crippen LogP contribution in [-0.2, 0) is 6.54 Å². The molecule has 0 aliphatic rings. The van der Waals surface area contributed by atoms with E-state index in [0.717, 1.165) is 17.1 Å². The van der Waals surface area contributed by atoms with Crippen LogP contribution in [0.4, 0.5) is 0 Å². The smallest absolute Gasteiger partial charge is 0.117 e. The Kier molecular flexibility index (Phi) is 3.77. The summed E-state index contributed by atoms with van der Waals surface area (Å²) in [5.74, 6) is 1.81. The van der Waals surface area contributed by atoms with E-state index in [1.54, 1.807) is 11.3 Å². The Morgan fingerprint density at radius 2 is 2.31 bits per heavy atom. The maximum atomic E-state index is 9.81. The van der Waals surface area contributed by atoms with E-state index in [1.165, 1.54) is 0 Å². The van der Waals surface area contributed by atoms with Crippen molar-refractivity contribution >= 4 is 11.3 Å². The van der Waals surface area contributed by atoms with Gasteiger partial charge in [0.2, 0.25) is 0 Å². The van der Waals surface area contributed by atoms with Gasteiger partial charge in [0.15, 0.2) is 0 Å². The molecule has 0 saturated carbocycles. The predicted octanol–water partition coefficient (Wildman–Crippen LogP) is 2.47. The second-order valence-corrected chi connectivity index (χ2v) is 4.50. The SMILES string of the molecule is Cc1ccc(CNCC(O)c2ccsc2)o1. The molecule has 86 valence electrons. The average molecular weight is 237 g/mol. The zero-order chi connectivity index (χ0) is 11.4. The van der Waals surface area contributed by atoms with Gasteiger partial charge >= 0.3 is 0 Å². The highest BCUT2D eigenvalue weighted by Gasteiger charge is 2.07. The lowest BCUT2D eigenvalue weighted by molar-refractivity contribution is 0.174. The van der Waals surface area contributed by atoms with Crippen LogP contribution in [-0.4, -0.2) is 11.7 Å². The van der Waals surface area contributed by atoms with E-state index >= 15 is 0 Å². The standard InChI is InChI=1S/C12H15NO2S/c1-9-2-3-11(15-9)6-13-7-12(14)10-4-5-16-8-10/h2-5,8,12-14H,6-7H2,1H3. The first-order valence-corrected chi connectivity index (χ1v) is 6.16. The van der Waals surface area contributed by atoms with Crippen molar-refractivity contribution in [3.63, 3.8) is 0 Å². The van der Waals surface area contributed by atoms with E-state index in [0.29, 0.717) is 13.1 Å². The number of furan rings is 1. The number of aliphatic hydroxyl groups excluding tert-OH is 1. The summed E-state index contributed by atoms with van der Waals surface area (Å²) >= 11 is 1.59. The van der Waals surface area contributed by atoms with Gasteiger partial charge in [-0.25, -0.2) is 0 Å². The Bertz CT molecular complexity index is 422. The minimum absolute atomic E-state index is 0.442. The molecule has 1 atom stereocenters. The number of aryl methyl sites for hydroxylation is 1. The van der Waals surface area contributed by atoms with E-state index in [2.05, 4.69) is 5.32 Å². The van der Waals surface area contributed by atoms with Crippen molar-refractivity contribution in [1.82, 2.24) is 5.32 Å². The van der Waals surface area contributed by atoms with Gasteiger partial charge < -0.3 is 14.8 Å². The first kappa shape index (κ1) is 11.4. The largest absolute Gasteiger partial charge is 0.465 e. The van der Waals surface area contributed by atoms with Crippen LogP contribution in [0.25, 0.3) is 0 Å². The number of hydrogen-bond donors (Lipinski definition) is 2. The first-order valence-electron chi connectivity index (χ1n) is 5.22. The second kappa shape index (κ2) is 5.30. The highest BCUT2D eigenvalue weighted by atomic mass is 32.1. The third-order valence-electron chi connectivity index (χ3n) is 2.36. The van der Waals surface area contributed by atoms with Gasteiger partial charge in [0, 0.05) is 6.54 Å². The van der Waals surface area contributed by atoms with Crippen molar-refractivity contribution in [2.24, 2.45) is 0 Å². The lowest BCUT2D eigenvalue weighted by atomic mass is 10.2. The second-order valence-electron chi connectivity index (χ2n) is 3.72. The van der Waals surface area contributed by atoms with Gasteiger partial charge in [0.1, 0.15) is 11.5 Å². The van der Waals surface area contributed by atoms with Crippen molar-refractivity contribution < 1.29 is 9.52 Å². The van der Waals surface area contributed by atoms with Gasteiger partial charge in [-0.15, -0.1) is 0 Å². The van der Waals surface area contributed by atoms with Crippen LogP contribution < -0.4 is 5.32 Å². The molecule has 2 aromatic heterocycles. The van der Waals surface area contributed by atoms with E-state index in [4.69, 9.17) is 4.42 Å². The summed E-state index contributed by atoms with van der Waals surface area (Å²) in [6, 6.07) is 5.82. The number of hydrogen-bond acceptors (Lipinski definition) is 4. The summed E-state index contributed by atoms with van der Waals surface area (Å²) in [5.41, 5.74) is 0.966. The number of aliphatic hydroxyl groups is 1. The lowest BCUT2D eigenvalue weighted by Gasteiger charge is -2.09. The molecular weight excluding hydrogens is 222 g/mol. The molecule has 2 N–H and O–H groups in total. The normalized spacial score (nSPS) is 12.9. The number of thiophene rings is 1. The lowest BCUT2D eigenvalue weighted by Crippen LogP contribution is -2.20. The molecule has 0 spiro atoms. The molecule has 0 bridgehead atoms. The summed E-state index contributed by atoms with van der Waals surface area (Å²) in [5, 5.41) is 16.9. The minimum atomic E-state index is -0.442. The first-order chi connectivity index (χ1) is 7.75. The molecule has 0 aromatic carbocycles. The zero-order valence-corrected chi connectivity index (χ0v) is 9.96. The van der Waals surface area contributed by atoms with Crippen LogP contribution in [0.15, 0.2) is 33.4 Å². The van der Waals surface area contributed by atoms with E-state index in [9.17, 15) is 5.11 Å². The highest BCUT2D eigenvalue weighted by molar-refractivity contribution is 7.07. The molecule has 0 aliphatic carbocycles. The number of nitrogens with one attached hydrogen (secondary N) is 1. The van der Waals surface area contributed by atoms with Crippen LogP contribution in [0.5, 0.6) is 0 Å². The maximum Gasteiger partial charge on any atom is 0.117 e. The molecule has 16 heavy (non-hydrogen) atoms. The fraction of sp³-hybridized carbons (Fsp3) is 0.333. The zero-order valence-electron chi connectivity index (χ0n) is 9.14. The van der Waals surface area contributed by atoms with Crippen LogP contribution in [0.2, 0.25) is 0 Å². The Morgan fingerprint density at radius 1 is 1.44 bits per heavy atom. The summed E-state index contributed by atoms with van der Waals surface area (Å²) in [4.78, 5) is 0. The highest BCUT2D eigenvalue weighted by Crippen LogP contribution is 2.15. The van der Waals surface area contributed by atoms with Gasteiger partial charge in [0.25, 0.3) is 0 Å². The van der Waals surface area contributed by atoms with Gasteiger partial charge in [-0.05, 0) is 41.4 Å². The molecule has 2 aromatic rings.